The van der Waals surface area contributed by atoms with Gasteiger partial charge in [0.25, 0.3) is 0 Å². The first kappa shape index (κ1) is 23.9. The monoisotopic (exact) mass is 424 g/mol. The first-order chi connectivity index (χ1) is 15.0. The second-order valence-electron chi connectivity index (χ2n) is 7.09. The Hall–Kier alpha value is -3.41. The van der Waals surface area contributed by atoms with E-state index in [0.29, 0.717) is 0 Å². The number of carbonyl (C=O) groups is 3. The SMILES string of the molecule is COC(=O)CCC(/C=C/C=C/c1cccc2ccccc12)(CCC(=O)OC)C(=O)OC. The van der Waals surface area contributed by atoms with E-state index in [0.717, 1.165) is 16.3 Å². The standard InChI is InChI=1S/C25H28O6/c1-29-22(26)14-17-25(24(28)31-3,18-15-23(27)30-2)16-7-6-10-20-12-8-11-19-9-4-5-13-21(19)20/h4-13,16H,14-15,17-18H2,1-3H3/b10-6+,16-7+. The number of benzene rings is 2. The maximum Gasteiger partial charge on any atom is 0.315 e. The number of hydrogen-bond donors (Lipinski definition) is 0. The Morgan fingerprint density at radius 2 is 1.42 bits per heavy atom. The topological polar surface area (TPSA) is 78.9 Å². The van der Waals surface area contributed by atoms with Crippen molar-refractivity contribution in [3.05, 3.63) is 66.3 Å². The fourth-order valence-electron chi connectivity index (χ4n) is 3.42. The number of allylic oxidation sites excluding steroid dienone is 2. The molecule has 0 aliphatic carbocycles. The van der Waals surface area contributed by atoms with E-state index >= 15 is 0 Å². The second kappa shape index (κ2) is 11.7. The molecule has 2 aromatic carbocycles. The Bertz CT molecular complexity index is 948. The first-order valence-corrected chi connectivity index (χ1v) is 10.0. The molecule has 0 radical (unpaired) electrons. The van der Waals surface area contributed by atoms with Crippen molar-refractivity contribution in [1.82, 2.24) is 0 Å². The predicted molar refractivity (Wildman–Crippen MR) is 119 cm³/mol. The third-order valence-electron chi connectivity index (χ3n) is 5.22. The van der Waals surface area contributed by atoms with Crippen LogP contribution in [0.25, 0.3) is 16.8 Å². The quantitative estimate of drug-likeness (QED) is 0.318. The van der Waals surface area contributed by atoms with E-state index in [4.69, 9.17) is 14.2 Å². The fourth-order valence-corrected chi connectivity index (χ4v) is 3.42. The lowest BCUT2D eigenvalue weighted by molar-refractivity contribution is -0.152. The van der Waals surface area contributed by atoms with Gasteiger partial charge in [-0.3, -0.25) is 14.4 Å². The number of esters is 3. The van der Waals surface area contributed by atoms with Crippen LogP contribution in [0.2, 0.25) is 0 Å². The maximum atomic E-state index is 12.7. The molecule has 0 aromatic heterocycles. The van der Waals surface area contributed by atoms with Crippen LogP contribution in [0.5, 0.6) is 0 Å². The molecule has 0 fully saturated rings. The molecule has 0 N–H and O–H groups in total. The van der Waals surface area contributed by atoms with Gasteiger partial charge in [0, 0.05) is 12.8 Å². The van der Waals surface area contributed by atoms with Crippen molar-refractivity contribution in [2.24, 2.45) is 5.41 Å². The van der Waals surface area contributed by atoms with Crippen molar-refractivity contribution in [3.8, 4) is 0 Å². The molecule has 0 amide bonds. The van der Waals surface area contributed by atoms with Crippen molar-refractivity contribution >= 4 is 34.8 Å². The highest BCUT2D eigenvalue weighted by atomic mass is 16.5. The third-order valence-corrected chi connectivity index (χ3v) is 5.22. The van der Waals surface area contributed by atoms with Gasteiger partial charge in [-0.25, -0.2) is 0 Å². The van der Waals surface area contributed by atoms with Crippen LogP contribution in [-0.4, -0.2) is 39.2 Å². The Kier molecular flexibility index (Phi) is 9.00. The Balaban J connectivity index is 2.31. The van der Waals surface area contributed by atoms with Gasteiger partial charge in [0.15, 0.2) is 0 Å². The Labute approximate surface area is 182 Å². The summed E-state index contributed by atoms with van der Waals surface area (Å²) in [6.07, 6.45) is 7.55. The molecule has 2 aromatic rings. The lowest BCUT2D eigenvalue weighted by atomic mass is 9.78. The molecule has 0 atom stereocenters. The van der Waals surface area contributed by atoms with E-state index in [1.807, 2.05) is 54.6 Å². The second-order valence-corrected chi connectivity index (χ2v) is 7.09. The van der Waals surface area contributed by atoms with Crippen LogP contribution >= 0.6 is 0 Å². The number of methoxy groups -OCH3 is 3. The molecule has 6 nitrogen and oxygen atoms in total. The van der Waals surface area contributed by atoms with Crippen LogP contribution < -0.4 is 0 Å². The largest absolute Gasteiger partial charge is 0.469 e. The maximum absolute atomic E-state index is 12.7. The number of carbonyl (C=O) groups excluding carboxylic acids is 3. The van der Waals surface area contributed by atoms with E-state index in [1.54, 1.807) is 12.2 Å². The molecule has 0 unspecified atom stereocenters. The van der Waals surface area contributed by atoms with E-state index in [1.165, 1.54) is 21.3 Å². The highest BCUT2D eigenvalue weighted by Crippen LogP contribution is 2.34. The molecule has 164 valence electrons. The lowest BCUT2D eigenvalue weighted by Gasteiger charge is -2.27. The van der Waals surface area contributed by atoms with Gasteiger partial charge in [0.1, 0.15) is 0 Å². The molecule has 31 heavy (non-hydrogen) atoms. The van der Waals surface area contributed by atoms with Gasteiger partial charge >= 0.3 is 17.9 Å². The highest BCUT2D eigenvalue weighted by Gasteiger charge is 2.37. The number of fused-ring (bicyclic) bond motifs is 1. The average Bonchev–Trinajstić information content (AvgIpc) is 2.82. The zero-order valence-electron chi connectivity index (χ0n) is 18.1. The van der Waals surface area contributed by atoms with E-state index in [2.05, 4.69) is 0 Å². The molecule has 0 saturated heterocycles. The van der Waals surface area contributed by atoms with Crippen LogP contribution in [0.3, 0.4) is 0 Å². The van der Waals surface area contributed by atoms with Gasteiger partial charge in [-0.15, -0.1) is 0 Å². The molecule has 0 aliphatic heterocycles. The molecular formula is C25H28O6. The van der Waals surface area contributed by atoms with Crippen LogP contribution in [0.4, 0.5) is 0 Å². The van der Waals surface area contributed by atoms with Crippen molar-refractivity contribution < 1.29 is 28.6 Å². The van der Waals surface area contributed by atoms with Crippen molar-refractivity contribution in [2.75, 3.05) is 21.3 Å². The highest BCUT2D eigenvalue weighted by molar-refractivity contribution is 5.90. The summed E-state index contributed by atoms with van der Waals surface area (Å²) in [5.41, 5.74) is -0.115. The minimum Gasteiger partial charge on any atom is -0.469 e. The number of rotatable bonds is 10. The van der Waals surface area contributed by atoms with E-state index in [-0.39, 0.29) is 25.7 Å². The van der Waals surface area contributed by atoms with Gasteiger partial charge in [0.2, 0.25) is 0 Å². The first-order valence-electron chi connectivity index (χ1n) is 10.0. The van der Waals surface area contributed by atoms with Gasteiger partial charge in [-0.1, -0.05) is 66.8 Å². The van der Waals surface area contributed by atoms with Gasteiger partial charge in [-0.05, 0) is 29.2 Å². The van der Waals surface area contributed by atoms with Crippen molar-refractivity contribution in [1.29, 1.82) is 0 Å². The summed E-state index contributed by atoms with van der Waals surface area (Å²) >= 11 is 0. The van der Waals surface area contributed by atoms with Crippen molar-refractivity contribution in [3.63, 3.8) is 0 Å². The summed E-state index contributed by atoms with van der Waals surface area (Å²) in [5.74, 6) is -1.40. The zero-order chi connectivity index (χ0) is 22.7. The minimum absolute atomic E-state index is 0.0180. The Morgan fingerprint density at radius 3 is 2.03 bits per heavy atom. The Morgan fingerprint density at radius 1 is 0.806 bits per heavy atom. The minimum atomic E-state index is -1.15. The smallest absolute Gasteiger partial charge is 0.315 e. The zero-order valence-corrected chi connectivity index (χ0v) is 18.1. The predicted octanol–water partition coefficient (Wildman–Crippen LogP) is 4.48. The average molecular weight is 424 g/mol. The summed E-state index contributed by atoms with van der Waals surface area (Å²) < 4.78 is 14.4. The van der Waals surface area contributed by atoms with E-state index < -0.39 is 23.3 Å². The van der Waals surface area contributed by atoms with Crippen LogP contribution in [0.15, 0.2) is 60.7 Å². The molecule has 0 spiro atoms. The summed E-state index contributed by atoms with van der Waals surface area (Å²) in [5, 5.41) is 2.25. The van der Waals surface area contributed by atoms with Crippen LogP contribution in [-0.2, 0) is 28.6 Å². The number of ether oxygens (including phenoxy) is 3. The fraction of sp³-hybridized carbons (Fsp3) is 0.320. The molecule has 0 bridgehead atoms. The van der Waals surface area contributed by atoms with Crippen LogP contribution in [0.1, 0.15) is 31.2 Å². The van der Waals surface area contributed by atoms with E-state index in [9.17, 15) is 14.4 Å². The molecule has 0 aliphatic rings. The summed E-state index contributed by atoms with van der Waals surface area (Å²) in [7, 11) is 3.87. The summed E-state index contributed by atoms with van der Waals surface area (Å²) in [6.45, 7) is 0. The molecule has 0 heterocycles. The molecule has 0 saturated carbocycles. The lowest BCUT2D eigenvalue weighted by Crippen LogP contribution is -2.32. The normalized spacial score (nSPS) is 11.7. The summed E-state index contributed by atoms with van der Waals surface area (Å²) in [4.78, 5) is 36.1. The molecule has 2 rings (SSSR count). The third kappa shape index (κ3) is 6.54. The molecular weight excluding hydrogens is 396 g/mol. The van der Waals surface area contributed by atoms with Gasteiger partial charge in [-0.2, -0.15) is 0 Å². The van der Waals surface area contributed by atoms with Gasteiger partial charge < -0.3 is 14.2 Å². The summed E-state index contributed by atoms with van der Waals surface area (Å²) in [6, 6.07) is 14.1. The molecule has 6 heteroatoms. The van der Waals surface area contributed by atoms with Gasteiger partial charge in [0.05, 0.1) is 26.7 Å². The van der Waals surface area contributed by atoms with Crippen LogP contribution in [0, 0.1) is 5.41 Å². The number of hydrogen-bond acceptors (Lipinski definition) is 6. The van der Waals surface area contributed by atoms with Crippen molar-refractivity contribution in [2.45, 2.75) is 25.7 Å².